The highest BCUT2D eigenvalue weighted by Crippen LogP contribution is 2.44. The first-order valence-corrected chi connectivity index (χ1v) is 10.1. The number of esters is 1. The number of carbonyl (C=O) groups excluding carboxylic acids is 4. The Morgan fingerprint density at radius 3 is 2.66 bits per heavy atom. The number of benzene rings is 1. The maximum atomic E-state index is 13.2. The largest absolute Gasteiger partial charge is 0.452 e. The van der Waals surface area contributed by atoms with Gasteiger partial charge in [-0.15, -0.1) is 0 Å². The van der Waals surface area contributed by atoms with Gasteiger partial charge in [-0.1, -0.05) is 25.5 Å². The molecule has 0 saturated carbocycles. The topological polar surface area (TPSA) is 96.0 Å². The molecular weight excluding hydrogens is 374 g/mol. The molecule has 2 aliphatic heterocycles. The van der Waals surface area contributed by atoms with Gasteiger partial charge in [0.25, 0.3) is 11.8 Å². The molecule has 3 amide bonds. The summed E-state index contributed by atoms with van der Waals surface area (Å²) >= 11 is 0. The minimum absolute atomic E-state index is 0.0239. The molecule has 0 unspecified atom stereocenters. The second-order valence-electron chi connectivity index (χ2n) is 7.45. The molecule has 1 N–H and O–H groups in total. The lowest BCUT2D eigenvalue weighted by molar-refractivity contribution is -0.160. The van der Waals surface area contributed by atoms with Crippen molar-refractivity contribution in [3.63, 3.8) is 0 Å². The van der Waals surface area contributed by atoms with Crippen LogP contribution in [0.3, 0.4) is 0 Å². The number of fused-ring (bicyclic) bond motifs is 3. The van der Waals surface area contributed by atoms with Gasteiger partial charge < -0.3 is 15.0 Å². The van der Waals surface area contributed by atoms with Gasteiger partial charge >= 0.3 is 5.97 Å². The molecule has 0 bridgehead atoms. The maximum Gasteiger partial charge on any atom is 0.354 e. The van der Waals surface area contributed by atoms with E-state index < -0.39 is 24.1 Å². The van der Waals surface area contributed by atoms with E-state index in [0.717, 1.165) is 12.8 Å². The third-order valence-corrected chi connectivity index (χ3v) is 5.48. The van der Waals surface area contributed by atoms with Crippen LogP contribution in [-0.2, 0) is 19.1 Å². The lowest BCUT2D eigenvalue weighted by atomic mass is 9.96. The van der Waals surface area contributed by atoms with E-state index in [-0.39, 0.29) is 37.2 Å². The summed E-state index contributed by atoms with van der Waals surface area (Å²) in [6.07, 6.45) is 1.99. The highest BCUT2D eigenvalue weighted by Gasteiger charge is 2.61. The molecule has 1 aromatic rings. The van der Waals surface area contributed by atoms with Crippen molar-refractivity contribution in [2.45, 2.75) is 58.2 Å². The minimum atomic E-state index is -1.55. The van der Waals surface area contributed by atoms with Crippen LogP contribution in [-0.4, -0.2) is 53.4 Å². The van der Waals surface area contributed by atoms with Crippen molar-refractivity contribution in [2.24, 2.45) is 0 Å². The minimum Gasteiger partial charge on any atom is -0.452 e. The molecule has 0 aliphatic carbocycles. The molecule has 1 saturated heterocycles. The predicted octanol–water partition coefficient (Wildman–Crippen LogP) is 1.83. The summed E-state index contributed by atoms with van der Waals surface area (Å²) in [4.78, 5) is 53.8. The number of ether oxygens (including phenoxy) is 1. The molecule has 2 atom stereocenters. The van der Waals surface area contributed by atoms with E-state index in [1.807, 2.05) is 13.8 Å². The fraction of sp³-hybridized carbons (Fsp3) is 0.524. The van der Waals surface area contributed by atoms with Crippen molar-refractivity contribution in [3.8, 4) is 0 Å². The van der Waals surface area contributed by atoms with E-state index in [1.165, 1.54) is 9.80 Å². The van der Waals surface area contributed by atoms with Crippen LogP contribution < -0.4 is 10.2 Å². The lowest BCUT2D eigenvalue weighted by Crippen LogP contribution is -2.68. The van der Waals surface area contributed by atoms with E-state index in [0.29, 0.717) is 11.3 Å². The zero-order valence-electron chi connectivity index (χ0n) is 17.1. The van der Waals surface area contributed by atoms with Crippen molar-refractivity contribution in [2.75, 3.05) is 18.1 Å². The summed E-state index contributed by atoms with van der Waals surface area (Å²) in [5, 5.41) is 2.78. The number of hydrogen-bond acceptors (Lipinski definition) is 5. The number of hydrogen-bond donors (Lipinski definition) is 1. The van der Waals surface area contributed by atoms with Gasteiger partial charge in [0.15, 0.2) is 6.61 Å². The van der Waals surface area contributed by atoms with Crippen LogP contribution in [0.4, 0.5) is 5.69 Å². The Morgan fingerprint density at radius 1 is 1.24 bits per heavy atom. The Kier molecular flexibility index (Phi) is 5.91. The molecule has 2 heterocycles. The number of carbonyl (C=O) groups is 4. The summed E-state index contributed by atoms with van der Waals surface area (Å²) in [5.41, 5.74) is -0.770. The van der Waals surface area contributed by atoms with Crippen LogP contribution in [0, 0.1) is 0 Å². The molecule has 2 aliphatic rings. The number of nitrogens with one attached hydrogen (secondary N) is 1. The molecule has 8 heteroatoms. The van der Waals surface area contributed by atoms with Gasteiger partial charge in [0.2, 0.25) is 11.6 Å². The summed E-state index contributed by atoms with van der Waals surface area (Å²) in [6, 6.07) is 6.72. The van der Waals surface area contributed by atoms with Gasteiger partial charge in [0, 0.05) is 25.4 Å². The van der Waals surface area contributed by atoms with Crippen LogP contribution in [0.25, 0.3) is 0 Å². The van der Waals surface area contributed by atoms with E-state index in [4.69, 9.17) is 4.74 Å². The monoisotopic (exact) mass is 401 g/mol. The number of amides is 3. The Bertz CT molecular complexity index is 839. The summed E-state index contributed by atoms with van der Waals surface area (Å²) in [6.45, 7) is 5.43. The smallest absolute Gasteiger partial charge is 0.354 e. The van der Waals surface area contributed by atoms with Crippen molar-refractivity contribution < 1.29 is 23.9 Å². The number of para-hydroxylation sites is 1. The fourth-order valence-corrected chi connectivity index (χ4v) is 4.24. The molecular formula is C21H27N3O5. The molecule has 29 heavy (non-hydrogen) atoms. The Labute approximate surface area is 170 Å². The normalized spacial score (nSPS) is 21.5. The third kappa shape index (κ3) is 3.47. The van der Waals surface area contributed by atoms with Gasteiger partial charge in [-0.05, 0) is 32.4 Å². The highest BCUT2D eigenvalue weighted by atomic mass is 16.5. The van der Waals surface area contributed by atoms with Gasteiger partial charge in [-0.25, -0.2) is 4.79 Å². The Morgan fingerprint density at radius 2 is 1.97 bits per heavy atom. The van der Waals surface area contributed by atoms with E-state index in [9.17, 15) is 19.2 Å². The summed E-state index contributed by atoms with van der Waals surface area (Å²) in [5.74, 6) is -1.74. The van der Waals surface area contributed by atoms with Crippen LogP contribution in [0.2, 0.25) is 0 Å². The van der Waals surface area contributed by atoms with Crippen LogP contribution >= 0.6 is 0 Å². The molecule has 3 rings (SSSR count). The molecule has 1 fully saturated rings. The van der Waals surface area contributed by atoms with Gasteiger partial charge in [-0.2, -0.15) is 0 Å². The van der Waals surface area contributed by atoms with Gasteiger partial charge in [0.05, 0.1) is 11.3 Å². The number of rotatable bonds is 7. The van der Waals surface area contributed by atoms with E-state index >= 15 is 0 Å². The molecule has 8 nitrogen and oxygen atoms in total. The van der Waals surface area contributed by atoms with Gasteiger partial charge in [0.1, 0.15) is 0 Å². The van der Waals surface area contributed by atoms with Crippen LogP contribution in [0.1, 0.15) is 56.8 Å². The first-order valence-electron chi connectivity index (χ1n) is 10.1. The number of likely N-dealkylation sites (N-methyl/N-ethyl adjacent to an activating group) is 1. The Hall–Kier alpha value is -2.90. The second-order valence-corrected chi connectivity index (χ2v) is 7.45. The predicted molar refractivity (Wildman–Crippen MR) is 106 cm³/mol. The molecule has 0 radical (unpaired) electrons. The molecule has 1 aromatic carbocycles. The highest BCUT2D eigenvalue weighted by molar-refractivity contribution is 6.15. The number of anilines is 1. The first-order chi connectivity index (χ1) is 13.9. The summed E-state index contributed by atoms with van der Waals surface area (Å²) < 4.78 is 5.33. The van der Waals surface area contributed by atoms with Crippen LogP contribution in [0.5, 0.6) is 0 Å². The number of nitrogens with zero attached hydrogens (tertiary/aromatic N) is 2. The molecule has 156 valence electrons. The fourth-order valence-electron chi connectivity index (χ4n) is 4.24. The van der Waals surface area contributed by atoms with Crippen molar-refractivity contribution >= 4 is 29.4 Å². The zero-order chi connectivity index (χ0) is 21.2. The first kappa shape index (κ1) is 20.8. The van der Waals surface area contributed by atoms with E-state index in [1.54, 1.807) is 31.2 Å². The standard InChI is InChI=1S/C21H27N3O5/c1-4-8-14(3)22-17(25)13-29-20(28)21-12-11-18(26)24(21)16-10-7-6-9-15(16)19(27)23(21)5-2/h6-7,9-10,14H,4-5,8,11-13H2,1-3H3,(H,22,25)/t14-,21+/m1/s1. The quantitative estimate of drug-likeness (QED) is 0.704. The third-order valence-electron chi connectivity index (χ3n) is 5.48. The van der Waals surface area contributed by atoms with Crippen LogP contribution in [0.15, 0.2) is 24.3 Å². The SMILES string of the molecule is CCC[C@@H](C)NC(=O)COC(=O)[C@]12CCC(=O)N1c1ccccc1C(=O)N2CC. The Balaban J connectivity index is 1.87. The molecule has 0 aromatic heterocycles. The average molecular weight is 401 g/mol. The zero-order valence-corrected chi connectivity index (χ0v) is 17.1. The van der Waals surface area contributed by atoms with Gasteiger partial charge in [-0.3, -0.25) is 19.3 Å². The van der Waals surface area contributed by atoms with Crippen molar-refractivity contribution in [1.82, 2.24) is 10.2 Å². The average Bonchev–Trinajstić information content (AvgIpc) is 3.05. The van der Waals surface area contributed by atoms with E-state index in [2.05, 4.69) is 5.32 Å². The lowest BCUT2D eigenvalue weighted by Gasteiger charge is -2.47. The second kappa shape index (κ2) is 8.23. The maximum absolute atomic E-state index is 13.2. The summed E-state index contributed by atoms with van der Waals surface area (Å²) in [7, 11) is 0. The van der Waals surface area contributed by atoms with Crippen molar-refractivity contribution in [1.29, 1.82) is 0 Å². The molecule has 0 spiro atoms. The van der Waals surface area contributed by atoms with Crippen molar-refractivity contribution in [3.05, 3.63) is 29.8 Å².